The lowest BCUT2D eigenvalue weighted by molar-refractivity contribution is -0.131. The van der Waals surface area contributed by atoms with Crippen molar-refractivity contribution >= 4 is 61.7 Å². The second kappa shape index (κ2) is 14.5. The van der Waals surface area contributed by atoms with E-state index in [0.29, 0.717) is 57.5 Å². The van der Waals surface area contributed by atoms with Crippen molar-refractivity contribution in [1.29, 1.82) is 0 Å². The minimum absolute atomic E-state index is 0.0836. The predicted molar refractivity (Wildman–Crippen MR) is 198 cm³/mol. The van der Waals surface area contributed by atoms with Crippen LogP contribution in [0, 0.1) is 5.92 Å². The third kappa shape index (κ3) is 7.31. The van der Waals surface area contributed by atoms with Crippen LogP contribution in [0.3, 0.4) is 0 Å². The number of hydrogen-bond donors (Lipinski definition) is 3. The number of allylic oxidation sites excluding steroid dienone is 1. The topological polar surface area (TPSA) is 169 Å². The van der Waals surface area contributed by atoms with Crippen molar-refractivity contribution in [3.63, 3.8) is 0 Å². The molecule has 2 aromatic heterocycles. The number of nitrogens with zero attached hydrogens (tertiary/aromatic N) is 3. The lowest BCUT2D eigenvalue weighted by atomic mass is 10.1. The number of thiazole rings is 1. The smallest absolute Gasteiger partial charge is 0.318 e. The normalized spacial score (nSPS) is 25.4. The number of urea groups is 1. The molecule has 4 aliphatic rings. The SMILES string of the molecule is COc1ccc2c(OC3C[C@H]4C(=O)N[C@]5(C(=O)NS(=O)(=O)C6CC6)CC5C=CCCCCCNC(=O)N4C3)cc(-c3nc(C(C)C)cs3)nc2c1Cl. The highest BCUT2D eigenvalue weighted by atomic mass is 35.5. The summed E-state index contributed by atoms with van der Waals surface area (Å²) in [6.45, 7) is 4.66. The van der Waals surface area contributed by atoms with Crippen LogP contribution in [0.2, 0.25) is 5.02 Å². The molecule has 4 heterocycles. The number of nitrogens with one attached hydrogen (secondary N) is 3. The van der Waals surface area contributed by atoms with Gasteiger partial charge in [-0.2, -0.15) is 0 Å². The molecule has 2 saturated carbocycles. The number of aromatic nitrogens is 2. The molecule has 1 aromatic carbocycles. The van der Waals surface area contributed by atoms with E-state index < -0.39 is 50.8 Å². The van der Waals surface area contributed by atoms with Gasteiger partial charge in [0.2, 0.25) is 15.9 Å². The van der Waals surface area contributed by atoms with Gasteiger partial charge in [0.1, 0.15) is 44.9 Å². The first kappa shape index (κ1) is 36.4. The fourth-order valence-electron chi connectivity index (χ4n) is 6.87. The summed E-state index contributed by atoms with van der Waals surface area (Å²) >= 11 is 8.24. The standard InChI is InChI=1S/C36H43ClN6O7S2/c1-20(2)26-19-51-33(40-26)25-16-29(24-12-13-28(49-3)30(37)31(24)39-25)50-22-15-27-32(44)41-36(34(45)42-52(47,48)23-10-11-23)17-21(36)9-7-5-4-6-8-14-38-35(46)43(27)18-22/h7,9,12-13,16,19-23,27H,4-6,8,10-11,14-15,17-18H2,1-3H3,(H,38,46)(H,41,44)(H,42,45)/t21?,22?,27-,36+/m0/s1. The lowest BCUT2D eigenvalue weighted by Crippen LogP contribution is -2.57. The Morgan fingerprint density at radius 1 is 1.15 bits per heavy atom. The molecule has 52 heavy (non-hydrogen) atoms. The first-order chi connectivity index (χ1) is 24.9. The molecule has 0 radical (unpaired) electrons. The molecule has 16 heteroatoms. The summed E-state index contributed by atoms with van der Waals surface area (Å²) in [7, 11) is -2.32. The van der Waals surface area contributed by atoms with E-state index in [-0.39, 0.29) is 31.2 Å². The van der Waals surface area contributed by atoms with Gasteiger partial charge in [-0.05, 0) is 56.6 Å². The van der Waals surface area contributed by atoms with Gasteiger partial charge >= 0.3 is 6.03 Å². The summed E-state index contributed by atoms with van der Waals surface area (Å²) in [5, 5.41) is 8.86. The van der Waals surface area contributed by atoms with Crippen LogP contribution < -0.4 is 24.8 Å². The van der Waals surface area contributed by atoms with E-state index in [2.05, 4.69) is 29.2 Å². The summed E-state index contributed by atoms with van der Waals surface area (Å²) in [5.74, 6) is -0.559. The third-order valence-corrected chi connectivity index (χ3v) is 13.2. The van der Waals surface area contributed by atoms with Gasteiger partial charge in [-0.1, -0.05) is 44.0 Å². The molecular formula is C36H43ClN6O7S2. The summed E-state index contributed by atoms with van der Waals surface area (Å²) in [6.07, 6.45) is 7.93. The number of amides is 4. The summed E-state index contributed by atoms with van der Waals surface area (Å²) < 4.78 is 39.9. The monoisotopic (exact) mass is 770 g/mol. The van der Waals surface area contributed by atoms with E-state index in [4.69, 9.17) is 31.0 Å². The minimum Gasteiger partial charge on any atom is -0.495 e. The Morgan fingerprint density at radius 3 is 2.69 bits per heavy atom. The highest BCUT2D eigenvalue weighted by Gasteiger charge is 2.62. The molecule has 2 aliphatic carbocycles. The number of hydrogen-bond acceptors (Lipinski definition) is 10. The highest BCUT2D eigenvalue weighted by molar-refractivity contribution is 7.91. The number of halogens is 1. The fraction of sp³-hybridized carbons (Fsp3) is 0.528. The van der Waals surface area contributed by atoms with E-state index in [9.17, 15) is 22.8 Å². The molecule has 7 rings (SSSR count). The van der Waals surface area contributed by atoms with Crippen LogP contribution in [0.4, 0.5) is 4.79 Å². The zero-order chi connectivity index (χ0) is 36.8. The molecule has 4 amide bonds. The number of ether oxygens (including phenoxy) is 2. The minimum atomic E-state index is -3.85. The van der Waals surface area contributed by atoms with Gasteiger partial charge in [0, 0.05) is 35.7 Å². The van der Waals surface area contributed by atoms with Crippen LogP contribution in [0.1, 0.15) is 76.8 Å². The Kier molecular flexibility index (Phi) is 10.1. The number of pyridine rings is 1. The Balaban J connectivity index is 1.20. The van der Waals surface area contributed by atoms with E-state index in [0.717, 1.165) is 31.4 Å². The van der Waals surface area contributed by atoms with Crippen LogP contribution in [0.25, 0.3) is 21.6 Å². The summed E-state index contributed by atoms with van der Waals surface area (Å²) in [6, 6.07) is 3.92. The number of fused-ring (bicyclic) bond motifs is 3. The Bertz CT molecular complexity index is 2030. The molecule has 3 N–H and O–H groups in total. The number of carbonyl (C=O) groups is 3. The van der Waals surface area contributed by atoms with Crippen molar-refractivity contribution in [2.24, 2.45) is 5.92 Å². The van der Waals surface area contributed by atoms with Crippen molar-refractivity contribution in [3.8, 4) is 22.2 Å². The molecule has 1 saturated heterocycles. The van der Waals surface area contributed by atoms with E-state index in [1.54, 1.807) is 18.2 Å². The zero-order valence-electron chi connectivity index (χ0n) is 29.3. The molecular weight excluding hydrogens is 728 g/mol. The summed E-state index contributed by atoms with van der Waals surface area (Å²) in [5.41, 5.74) is 0.508. The zero-order valence-corrected chi connectivity index (χ0v) is 31.7. The molecule has 0 bridgehead atoms. The third-order valence-electron chi connectivity index (χ3n) is 10.2. The van der Waals surface area contributed by atoms with E-state index >= 15 is 0 Å². The fourth-order valence-corrected chi connectivity index (χ4v) is 9.45. The van der Waals surface area contributed by atoms with Gasteiger partial charge in [0.05, 0.1) is 30.1 Å². The van der Waals surface area contributed by atoms with Gasteiger partial charge in [-0.3, -0.25) is 14.3 Å². The average molecular weight is 771 g/mol. The van der Waals surface area contributed by atoms with Crippen LogP contribution in [-0.4, -0.2) is 84.3 Å². The number of methoxy groups -OCH3 is 1. The maximum atomic E-state index is 14.2. The van der Waals surface area contributed by atoms with Gasteiger partial charge in [-0.25, -0.2) is 23.2 Å². The first-order valence-electron chi connectivity index (χ1n) is 17.8. The molecule has 3 aromatic rings. The van der Waals surface area contributed by atoms with Crippen LogP contribution in [0.15, 0.2) is 35.7 Å². The molecule has 278 valence electrons. The van der Waals surface area contributed by atoms with Crippen molar-refractivity contribution in [2.45, 2.75) is 94.1 Å². The Morgan fingerprint density at radius 2 is 1.96 bits per heavy atom. The lowest BCUT2D eigenvalue weighted by Gasteiger charge is -2.26. The van der Waals surface area contributed by atoms with Gasteiger partial charge in [0.15, 0.2) is 0 Å². The molecule has 13 nitrogen and oxygen atoms in total. The molecule has 2 aliphatic heterocycles. The van der Waals surface area contributed by atoms with E-state index in [1.807, 2.05) is 17.5 Å². The van der Waals surface area contributed by atoms with Crippen molar-refractivity contribution in [1.82, 2.24) is 30.2 Å². The number of benzene rings is 1. The number of sulfonamides is 1. The summed E-state index contributed by atoms with van der Waals surface area (Å²) in [4.78, 5) is 52.5. The number of carbonyl (C=O) groups excluding carboxylic acids is 3. The second-order valence-electron chi connectivity index (χ2n) is 14.3. The maximum absolute atomic E-state index is 14.2. The highest BCUT2D eigenvalue weighted by Crippen LogP contribution is 2.46. The van der Waals surface area contributed by atoms with Crippen molar-refractivity contribution < 1.29 is 32.3 Å². The Hall–Kier alpha value is -3.95. The van der Waals surface area contributed by atoms with E-state index in [1.165, 1.54) is 23.3 Å². The van der Waals surface area contributed by atoms with Crippen molar-refractivity contribution in [2.75, 3.05) is 20.2 Å². The first-order valence-corrected chi connectivity index (χ1v) is 20.6. The number of rotatable bonds is 8. The molecule has 4 atom stereocenters. The maximum Gasteiger partial charge on any atom is 0.318 e. The van der Waals surface area contributed by atoms with Crippen LogP contribution in [-0.2, 0) is 19.6 Å². The Labute approximate surface area is 311 Å². The molecule has 2 unspecified atom stereocenters. The quantitative estimate of drug-likeness (QED) is 0.258. The van der Waals surface area contributed by atoms with Gasteiger partial charge in [-0.15, -0.1) is 11.3 Å². The molecule has 0 spiro atoms. The average Bonchev–Trinajstić information content (AvgIpc) is 3.98. The molecule has 3 fully saturated rings. The van der Waals surface area contributed by atoms with Crippen LogP contribution >= 0.6 is 22.9 Å². The van der Waals surface area contributed by atoms with Crippen LogP contribution in [0.5, 0.6) is 11.5 Å². The van der Waals surface area contributed by atoms with Crippen molar-refractivity contribution in [3.05, 3.63) is 46.4 Å². The van der Waals surface area contributed by atoms with Gasteiger partial charge in [0.25, 0.3) is 5.91 Å². The van der Waals surface area contributed by atoms with Gasteiger partial charge < -0.3 is 25.0 Å². The largest absolute Gasteiger partial charge is 0.495 e. The second-order valence-corrected chi connectivity index (χ2v) is 17.5. The predicted octanol–water partition coefficient (Wildman–Crippen LogP) is 5.29.